The Kier molecular flexibility index (Phi) is 5.55. The van der Waals surface area contributed by atoms with Crippen molar-refractivity contribution in [2.75, 3.05) is 25.0 Å². The van der Waals surface area contributed by atoms with Crippen LogP contribution in [0.25, 0.3) is 0 Å². The molecule has 0 unspecified atom stereocenters. The molecule has 0 amide bonds. The van der Waals surface area contributed by atoms with Crippen molar-refractivity contribution in [2.45, 2.75) is 13.8 Å². The van der Waals surface area contributed by atoms with Crippen molar-refractivity contribution in [3.8, 4) is 0 Å². The van der Waals surface area contributed by atoms with E-state index >= 15 is 0 Å². The minimum absolute atomic E-state index is 0.0271. The maximum Gasteiger partial charge on any atom is 0.195 e. The standard InChI is InChI=1S/C23H25N3O/c1-5-26(6-2)18-13-11-17(12-14-18)25-22-15-21(16(3)24-4)23(27)20-10-8-7-9-19(20)22/h7-15,24H,3,5-6H2,1-2,4H3. The van der Waals surface area contributed by atoms with Crippen LogP contribution in [0.3, 0.4) is 0 Å². The summed E-state index contributed by atoms with van der Waals surface area (Å²) in [5, 5.41) is 2.97. The molecule has 1 aliphatic rings. The summed E-state index contributed by atoms with van der Waals surface area (Å²) < 4.78 is 0. The molecule has 1 aliphatic carbocycles. The second-order valence-corrected chi connectivity index (χ2v) is 6.35. The van der Waals surface area contributed by atoms with Gasteiger partial charge in [0.2, 0.25) is 0 Å². The number of aliphatic imine (C=N–C) groups is 1. The second kappa shape index (κ2) is 8.04. The predicted octanol–water partition coefficient (Wildman–Crippen LogP) is 4.51. The molecule has 0 saturated heterocycles. The molecule has 0 aliphatic heterocycles. The molecule has 1 N–H and O–H groups in total. The highest BCUT2D eigenvalue weighted by atomic mass is 16.1. The highest BCUT2D eigenvalue weighted by molar-refractivity contribution is 6.27. The number of ketones is 1. The van der Waals surface area contributed by atoms with Crippen LogP contribution in [0.15, 0.2) is 77.4 Å². The molecule has 0 radical (unpaired) electrons. The number of rotatable bonds is 6. The fourth-order valence-electron chi connectivity index (χ4n) is 3.25. The molecule has 0 spiro atoms. The van der Waals surface area contributed by atoms with Gasteiger partial charge in [0, 0.05) is 48.2 Å². The van der Waals surface area contributed by atoms with Gasteiger partial charge in [0.25, 0.3) is 0 Å². The molecule has 27 heavy (non-hydrogen) atoms. The average molecular weight is 359 g/mol. The Morgan fingerprint density at radius 1 is 1.04 bits per heavy atom. The van der Waals surface area contributed by atoms with Gasteiger partial charge in [-0.05, 0) is 44.2 Å². The lowest BCUT2D eigenvalue weighted by Crippen LogP contribution is -2.22. The Labute approximate surface area is 160 Å². The summed E-state index contributed by atoms with van der Waals surface area (Å²) >= 11 is 0. The number of carbonyl (C=O) groups is 1. The monoisotopic (exact) mass is 359 g/mol. The average Bonchev–Trinajstić information content (AvgIpc) is 2.71. The number of benzene rings is 2. The summed E-state index contributed by atoms with van der Waals surface area (Å²) in [6, 6.07) is 15.8. The molecule has 0 saturated carbocycles. The lowest BCUT2D eigenvalue weighted by Gasteiger charge is -2.21. The Hall–Kier alpha value is -3.14. The number of hydrogen-bond acceptors (Lipinski definition) is 4. The highest BCUT2D eigenvalue weighted by Gasteiger charge is 2.25. The molecule has 0 heterocycles. The summed E-state index contributed by atoms with van der Waals surface area (Å²) in [6.07, 6.45) is 1.82. The van der Waals surface area contributed by atoms with Gasteiger partial charge in [-0.1, -0.05) is 30.8 Å². The van der Waals surface area contributed by atoms with E-state index in [2.05, 4.69) is 42.8 Å². The van der Waals surface area contributed by atoms with Crippen LogP contribution in [0.4, 0.5) is 11.4 Å². The molecule has 0 atom stereocenters. The van der Waals surface area contributed by atoms with Crippen LogP contribution in [0, 0.1) is 0 Å². The van der Waals surface area contributed by atoms with Crippen molar-refractivity contribution >= 4 is 22.9 Å². The summed E-state index contributed by atoms with van der Waals surface area (Å²) in [5.74, 6) is -0.0271. The number of fused-ring (bicyclic) bond motifs is 1. The van der Waals surface area contributed by atoms with Crippen molar-refractivity contribution in [1.82, 2.24) is 5.32 Å². The van der Waals surface area contributed by atoms with Crippen LogP contribution >= 0.6 is 0 Å². The fourth-order valence-corrected chi connectivity index (χ4v) is 3.25. The topological polar surface area (TPSA) is 44.7 Å². The second-order valence-electron chi connectivity index (χ2n) is 6.35. The molecule has 3 rings (SSSR count). The Morgan fingerprint density at radius 2 is 1.67 bits per heavy atom. The summed E-state index contributed by atoms with van der Waals surface area (Å²) in [7, 11) is 1.76. The zero-order chi connectivity index (χ0) is 19.4. The van der Waals surface area contributed by atoms with Crippen LogP contribution in [0.5, 0.6) is 0 Å². The molecule has 138 valence electrons. The van der Waals surface area contributed by atoms with E-state index in [4.69, 9.17) is 4.99 Å². The van der Waals surface area contributed by atoms with E-state index in [-0.39, 0.29) is 5.78 Å². The Morgan fingerprint density at radius 3 is 2.26 bits per heavy atom. The van der Waals surface area contributed by atoms with E-state index in [9.17, 15) is 4.79 Å². The summed E-state index contributed by atoms with van der Waals surface area (Å²) in [6.45, 7) is 10.2. The zero-order valence-electron chi connectivity index (χ0n) is 16.1. The number of hydrogen-bond donors (Lipinski definition) is 1. The molecular weight excluding hydrogens is 334 g/mol. The van der Waals surface area contributed by atoms with Gasteiger partial charge >= 0.3 is 0 Å². The maximum absolute atomic E-state index is 12.8. The van der Waals surface area contributed by atoms with Gasteiger partial charge in [-0.2, -0.15) is 0 Å². The van der Waals surface area contributed by atoms with E-state index in [0.29, 0.717) is 16.8 Å². The number of anilines is 1. The smallest absolute Gasteiger partial charge is 0.195 e. The quantitative estimate of drug-likeness (QED) is 0.825. The first kappa shape index (κ1) is 18.6. The number of nitrogens with one attached hydrogen (secondary N) is 1. The Bertz CT molecular complexity index is 919. The normalized spacial score (nSPS) is 14.6. The minimum atomic E-state index is -0.0271. The van der Waals surface area contributed by atoms with Crippen LogP contribution in [0.2, 0.25) is 0 Å². The van der Waals surface area contributed by atoms with Crippen molar-refractivity contribution in [3.05, 3.63) is 83.6 Å². The molecule has 2 aromatic carbocycles. The van der Waals surface area contributed by atoms with Gasteiger partial charge in [0.05, 0.1) is 11.4 Å². The van der Waals surface area contributed by atoms with E-state index in [1.54, 1.807) is 7.05 Å². The molecule has 0 bridgehead atoms. The first-order valence-electron chi connectivity index (χ1n) is 9.25. The van der Waals surface area contributed by atoms with Gasteiger partial charge in [-0.3, -0.25) is 4.79 Å². The molecule has 0 aromatic heterocycles. The maximum atomic E-state index is 12.8. The SMILES string of the molecule is C=C(NC)C1=CC(=Nc2ccc(N(CC)CC)cc2)c2ccccc2C1=O. The van der Waals surface area contributed by atoms with Crippen LogP contribution < -0.4 is 10.2 Å². The van der Waals surface area contributed by atoms with Gasteiger partial charge in [-0.15, -0.1) is 0 Å². The van der Waals surface area contributed by atoms with Gasteiger partial charge in [-0.25, -0.2) is 4.99 Å². The molecule has 4 nitrogen and oxygen atoms in total. The van der Waals surface area contributed by atoms with E-state index in [1.165, 1.54) is 5.69 Å². The van der Waals surface area contributed by atoms with Crippen LogP contribution in [0.1, 0.15) is 29.8 Å². The number of allylic oxidation sites excluding steroid dienone is 2. The predicted molar refractivity (Wildman–Crippen MR) is 113 cm³/mol. The number of likely N-dealkylation sites (N-methyl/N-ethyl adjacent to an activating group) is 1. The number of nitrogens with zero attached hydrogens (tertiary/aromatic N) is 2. The molecular formula is C23H25N3O. The third-order valence-corrected chi connectivity index (χ3v) is 4.83. The molecule has 0 fully saturated rings. The van der Waals surface area contributed by atoms with E-state index in [1.807, 2.05) is 42.5 Å². The number of Topliss-reactive ketones (excluding diaryl/α,β-unsaturated/α-hetero) is 1. The molecule has 2 aromatic rings. The molecule has 4 heteroatoms. The van der Waals surface area contributed by atoms with Gasteiger partial charge < -0.3 is 10.2 Å². The highest BCUT2D eigenvalue weighted by Crippen LogP contribution is 2.27. The van der Waals surface area contributed by atoms with Crippen molar-refractivity contribution in [3.63, 3.8) is 0 Å². The van der Waals surface area contributed by atoms with Crippen LogP contribution in [-0.2, 0) is 0 Å². The third-order valence-electron chi connectivity index (χ3n) is 4.83. The van der Waals surface area contributed by atoms with Crippen LogP contribution in [-0.4, -0.2) is 31.6 Å². The zero-order valence-corrected chi connectivity index (χ0v) is 16.1. The first-order valence-corrected chi connectivity index (χ1v) is 9.25. The summed E-state index contributed by atoms with van der Waals surface area (Å²) in [4.78, 5) is 19.9. The van der Waals surface area contributed by atoms with Gasteiger partial charge in [0.15, 0.2) is 5.78 Å². The largest absolute Gasteiger partial charge is 0.388 e. The lowest BCUT2D eigenvalue weighted by atomic mass is 9.88. The van der Waals surface area contributed by atoms with E-state index in [0.717, 1.165) is 30.1 Å². The van der Waals surface area contributed by atoms with Crippen molar-refractivity contribution in [2.24, 2.45) is 4.99 Å². The van der Waals surface area contributed by atoms with Crippen molar-refractivity contribution < 1.29 is 4.79 Å². The summed E-state index contributed by atoms with van der Waals surface area (Å²) in [5.41, 5.74) is 5.47. The van der Waals surface area contributed by atoms with E-state index < -0.39 is 0 Å². The van der Waals surface area contributed by atoms with Gasteiger partial charge in [0.1, 0.15) is 0 Å². The number of carbonyl (C=O) groups excluding carboxylic acids is 1. The first-order chi connectivity index (χ1) is 13.1. The lowest BCUT2D eigenvalue weighted by molar-refractivity contribution is 0.103. The fraction of sp³-hybridized carbons (Fsp3) is 0.217. The Balaban J connectivity index is 2.04. The van der Waals surface area contributed by atoms with Crippen molar-refractivity contribution in [1.29, 1.82) is 0 Å². The third kappa shape index (κ3) is 3.70. The minimum Gasteiger partial charge on any atom is -0.388 e.